The van der Waals surface area contributed by atoms with Gasteiger partial charge < -0.3 is 19.8 Å². The Labute approximate surface area is 178 Å². The molecule has 156 valence electrons. The molecule has 0 spiro atoms. The van der Waals surface area contributed by atoms with Gasteiger partial charge in [-0.3, -0.25) is 5.32 Å². The molecule has 0 radical (unpaired) electrons. The van der Waals surface area contributed by atoms with Gasteiger partial charge in [-0.2, -0.15) is 0 Å². The van der Waals surface area contributed by atoms with E-state index in [4.69, 9.17) is 15.2 Å². The summed E-state index contributed by atoms with van der Waals surface area (Å²) < 4.78 is 13.0. The number of rotatable bonds is 4. The Morgan fingerprint density at radius 3 is 2.74 bits per heavy atom. The summed E-state index contributed by atoms with van der Waals surface area (Å²) in [5.41, 5.74) is 12.5. The van der Waals surface area contributed by atoms with E-state index in [1.807, 2.05) is 59.2 Å². The SMILES string of the molecule is Nc1ncnc2c3c(n(-c4ccc(NC(=O)OCc5ccccc5)cc4)c12)COCC3. The number of nitrogen functional groups attached to an aromatic ring is 1. The topological polar surface area (TPSA) is 104 Å². The molecule has 0 saturated heterocycles. The molecular formula is C23H21N5O3. The lowest BCUT2D eigenvalue weighted by Crippen LogP contribution is -2.14. The van der Waals surface area contributed by atoms with Crippen molar-refractivity contribution < 1.29 is 14.3 Å². The van der Waals surface area contributed by atoms with Gasteiger partial charge in [-0.25, -0.2) is 14.8 Å². The van der Waals surface area contributed by atoms with Gasteiger partial charge >= 0.3 is 6.09 Å². The van der Waals surface area contributed by atoms with Crippen molar-refractivity contribution in [1.29, 1.82) is 0 Å². The van der Waals surface area contributed by atoms with Crippen LogP contribution in [0.5, 0.6) is 0 Å². The van der Waals surface area contributed by atoms with E-state index in [0.29, 0.717) is 24.7 Å². The first kappa shape index (κ1) is 19.1. The molecule has 3 heterocycles. The Balaban J connectivity index is 1.38. The van der Waals surface area contributed by atoms with Crippen molar-refractivity contribution in [1.82, 2.24) is 14.5 Å². The number of aromatic nitrogens is 3. The van der Waals surface area contributed by atoms with Crippen molar-refractivity contribution in [3.8, 4) is 5.69 Å². The number of nitrogens with one attached hydrogen (secondary N) is 1. The largest absolute Gasteiger partial charge is 0.444 e. The van der Waals surface area contributed by atoms with E-state index < -0.39 is 6.09 Å². The fourth-order valence-corrected chi connectivity index (χ4v) is 3.85. The zero-order valence-corrected chi connectivity index (χ0v) is 16.7. The summed E-state index contributed by atoms with van der Waals surface area (Å²) in [6.07, 6.45) is 1.76. The number of nitrogens with zero attached hydrogens (tertiary/aromatic N) is 3. The van der Waals surface area contributed by atoms with Crippen LogP contribution >= 0.6 is 0 Å². The molecule has 0 aliphatic carbocycles. The van der Waals surface area contributed by atoms with Crippen molar-refractivity contribution >= 4 is 28.6 Å². The number of nitrogens with two attached hydrogens (primary N) is 1. The van der Waals surface area contributed by atoms with E-state index in [9.17, 15) is 4.79 Å². The van der Waals surface area contributed by atoms with Crippen LogP contribution in [0.15, 0.2) is 60.9 Å². The van der Waals surface area contributed by atoms with Crippen LogP contribution in [-0.2, 0) is 29.1 Å². The van der Waals surface area contributed by atoms with E-state index in [-0.39, 0.29) is 6.61 Å². The van der Waals surface area contributed by atoms with Gasteiger partial charge in [-0.05, 0) is 36.2 Å². The maximum atomic E-state index is 12.1. The molecule has 3 N–H and O–H groups in total. The molecule has 1 amide bonds. The number of carbonyl (C=O) groups excluding carboxylic acids is 1. The van der Waals surface area contributed by atoms with E-state index in [0.717, 1.165) is 40.0 Å². The monoisotopic (exact) mass is 415 g/mol. The zero-order chi connectivity index (χ0) is 21.2. The fourth-order valence-electron chi connectivity index (χ4n) is 3.85. The summed E-state index contributed by atoms with van der Waals surface area (Å²) in [5.74, 6) is 0.422. The molecule has 2 aromatic heterocycles. The predicted molar refractivity (Wildman–Crippen MR) is 117 cm³/mol. The van der Waals surface area contributed by atoms with Gasteiger partial charge in [0.15, 0.2) is 5.82 Å². The average molecular weight is 415 g/mol. The van der Waals surface area contributed by atoms with Crippen LogP contribution in [0.3, 0.4) is 0 Å². The Hall–Kier alpha value is -3.91. The van der Waals surface area contributed by atoms with Gasteiger partial charge in [0, 0.05) is 16.9 Å². The summed E-state index contributed by atoms with van der Waals surface area (Å²) in [7, 11) is 0. The van der Waals surface area contributed by atoms with Gasteiger partial charge in [0.05, 0.1) is 24.4 Å². The molecule has 8 nitrogen and oxygen atoms in total. The number of amides is 1. The lowest BCUT2D eigenvalue weighted by Gasteiger charge is -2.17. The average Bonchev–Trinajstić information content (AvgIpc) is 3.15. The number of ether oxygens (including phenoxy) is 2. The van der Waals surface area contributed by atoms with Crippen LogP contribution in [-0.4, -0.2) is 27.2 Å². The standard InChI is InChI=1S/C23H21N5O3/c24-22-21-20(25-14-26-22)18-10-11-30-13-19(18)28(21)17-8-6-16(7-9-17)27-23(29)31-12-15-4-2-1-3-5-15/h1-9,14H,10-13H2,(H,27,29)(H2,24,25,26). The second-order valence-electron chi connectivity index (χ2n) is 7.25. The Morgan fingerprint density at radius 1 is 1.13 bits per heavy atom. The summed E-state index contributed by atoms with van der Waals surface area (Å²) in [6.45, 7) is 1.35. The van der Waals surface area contributed by atoms with Gasteiger partial charge in [0.25, 0.3) is 0 Å². The Bertz CT molecular complexity index is 1240. The molecule has 4 aromatic rings. The van der Waals surface area contributed by atoms with Crippen molar-refractivity contribution in [2.45, 2.75) is 19.6 Å². The summed E-state index contributed by atoms with van der Waals surface area (Å²) in [4.78, 5) is 20.8. The molecule has 0 bridgehead atoms. The number of anilines is 2. The summed E-state index contributed by atoms with van der Waals surface area (Å²) >= 11 is 0. The van der Waals surface area contributed by atoms with Gasteiger partial charge in [0.2, 0.25) is 0 Å². The highest BCUT2D eigenvalue weighted by Gasteiger charge is 2.24. The molecule has 8 heteroatoms. The molecule has 0 saturated carbocycles. The maximum Gasteiger partial charge on any atom is 0.411 e. The highest BCUT2D eigenvalue weighted by atomic mass is 16.5. The molecule has 1 aliphatic rings. The van der Waals surface area contributed by atoms with Crippen molar-refractivity contribution in [3.63, 3.8) is 0 Å². The third-order valence-corrected chi connectivity index (χ3v) is 5.30. The fraction of sp³-hybridized carbons (Fsp3) is 0.174. The first-order valence-electron chi connectivity index (χ1n) is 9.99. The van der Waals surface area contributed by atoms with Crippen LogP contribution in [0, 0.1) is 0 Å². The third-order valence-electron chi connectivity index (χ3n) is 5.30. The quantitative estimate of drug-likeness (QED) is 0.525. The lowest BCUT2D eigenvalue weighted by atomic mass is 10.1. The molecule has 0 fully saturated rings. The van der Waals surface area contributed by atoms with Crippen molar-refractivity contribution in [2.75, 3.05) is 17.7 Å². The number of hydrogen-bond donors (Lipinski definition) is 2. The van der Waals surface area contributed by atoms with Crippen LogP contribution < -0.4 is 11.1 Å². The van der Waals surface area contributed by atoms with E-state index in [2.05, 4.69) is 15.3 Å². The first-order valence-corrected chi connectivity index (χ1v) is 9.99. The van der Waals surface area contributed by atoms with Crippen LogP contribution in [0.2, 0.25) is 0 Å². The highest BCUT2D eigenvalue weighted by molar-refractivity contribution is 5.91. The number of hydrogen-bond acceptors (Lipinski definition) is 6. The minimum Gasteiger partial charge on any atom is -0.444 e. The molecular weight excluding hydrogens is 394 g/mol. The number of fused-ring (bicyclic) bond motifs is 3. The molecule has 0 atom stereocenters. The first-order chi connectivity index (χ1) is 15.2. The smallest absolute Gasteiger partial charge is 0.411 e. The second kappa shape index (κ2) is 8.08. The Morgan fingerprint density at radius 2 is 1.94 bits per heavy atom. The lowest BCUT2D eigenvalue weighted by molar-refractivity contribution is 0.107. The van der Waals surface area contributed by atoms with Crippen molar-refractivity contribution in [3.05, 3.63) is 77.7 Å². The summed E-state index contributed by atoms with van der Waals surface area (Å²) in [5, 5.41) is 2.75. The number of benzene rings is 2. The van der Waals surface area contributed by atoms with Crippen LogP contribution in [0.25, 0.3) is 16.7 Å². The molecule has 1 aliphatic heterocycles. The van der Waals surface area contributed by atoms with E-state index in [1.165, 1.54) is 6.33 Å². The molecule has 5 rings (SSSR count). The van der Waals surface area contributed by atoms with E-state index >= 15 is 0 Å². The molecule has 2 aromatic carbocycles. The Kier molecular flexibility index (Phi) is 4.97. The van der Waals surface area contributed by atoms with Gasteiger partial charge in [-0.15, -0.1) is 0 Å². The molecule has 31 heavy (non-hydrogen) atoms. The molecule has 0 unspecified atom stereocenters. The van der Waals surface area contributed by atoms with Gasteiger partial charge in [0.1, 0.15) is 18.5 Å². The minimum atomic E-state index is -0.508. The highest BCUT2D eigenvalue weighted by Crippen LogP contribution is 2.33. The normalized spacial score (nSPS) is 13.0. The third kappa shape index (κ3) is 3.69. The second-order valence-corrected chi connectivity index (χ2v) is 7.25. The van der Waals surface area contributed by atoms with Crippen LogP contribution in [0.4, 0.5) is 16.3 Å². The minimum absolute atomic E-state index is 0.214. The van der Waals surface area contributed by atoms with Gasteiger partial charge in [-0.1, -0.05) is 30.3 Å². The van der Waals surface area contributed by atoms with Crippen LogP contribution in [0.1, 0.15) is 16.8 Å². The zero-order valence-electron chi connectivity index (χ0n) is 16.7. The maximum absolute atomic E-state index is 12.1. The van der Waals surface area contributed by atoms with E-state index in [1.54, 1.807) is 0 Å². The predicted octanol–water partition coefficient (Wildman–Crippen LogP) is 3.82. The number of carbonyl (C=O) groups is 1. The van der Waals surface area contributed by atoms with Crippen molar-refractivity contribution in [2.24, 2.45) is 0 Å². The summed E-state index contributed by atoms with van der Waals surface area (Å²) in [6, 6.07) is 17.0.